The van der Waals surface area contributed by atoms with Crippen LogP contribution in [0.1, 0.15) is 26.3 Å². The highest BCUT2D eigenvalue weighted by Gasteiger charge is 2.06. The van der Waals surface area contributed by atoms with Gasteiger partial charge in [-0.2, -0.15) is 0 Å². The van der Waals surface area contributed by atoms with Crippen molar-refractivity contribution in [1.82, 2.24) is 10.6 Å². The fourth-order valence-corrected chi connectivity index (χ4v) is 1.82. The first-order valence-electron chi connectivity index (χ1n) is 6.98. The van der Waals surface area contributed by atoms with Gasteiger partial charge in [-0.15, -0.1) is 0 Å². The zero-order chi connectivity index (χ0) is 15.0. The second kappa shape index (κ2) is 8.30. The number of aliphatic imine (C=N–C) groups is 1. The van der Waals surface area contributed by atoms with Crippen molar-refractivity contribution in [2.75, 3.05) is 20.2 Å². The maximum atomic E-state index is 10.00. The van der Waals surface area contributed by atoms with Gasteiger partial charge in [-0.25, -0.2) is 0 Å². The molecular weight excluding hydrogens is 254 g/mol. The van der Waals surface area contributed by atoms with Gasteiger partial charge in [0.15, 0.2) is 17.5 Å². The van der Waals surface area contributed by atoms with Gasteiger partial charge in [0.05, 0.1) is 7.11 Å². The number of phenolic OH excluding ortho intramolecular Hbond substituents is 1. The van der Waals surface area contributed by atoms with Gasteiger partial charge in [-0.1, -0.05) is 12.1 Å². The summed E-state index contributed by atoms with van der Waals surface area (Å²) in [6.07, 6.45) is 0.664. The Labute approximate surface area is 121 Å². The number of rotatable bonds is 6. The molecule has 0 aromatic heterocycles. The number of hydrogen-bond donors (Lipinski definition) is 3. The lowest BCUT2D eigenvalue weighted by atomic mass is 10.1. The van der Waals surface area contributed by atoms with E-state index < -0.39 is 0 Å². The van der Waals surface area contributed by atoms with E-state index in [4.69, 9.17) is 4.74 Å². The van der Waals surface area contributed by atoms with Crippen molar-refractivity contribution in [2.45, 2.75) is 33.2 Å². The Morgan fingerprint density at radius 1 is 1.40 bits per heavy atom. The van der Waals surface area contributed by atoms with Gasteiger partial charge in [-0.3, -0.25) is 4.99 Å². The van der Waals surface area contributed by atoms with E-state index in [1.165, 1.54) is 0 Å². The van der Waals surface area contributed by atoms with Crippen LogP contribution >= 0.6 is 0 Å². The van der Waals surface area contributed by atoms with Crippen LogP contribution in [0.5, 0.6) is 11.5 Å². The second-order valence-electron chi connectivity index (χ2n) is 4.78. The molecule has 0 bridgehead atoms. The molecule has 0 amide bonds. The van der Waals surface area contributed by atoms with Crippen LogP contribution in [0.3, 0.4) is 0 Å². The van der Waals surface area contributed by atoms with Crippen LogP contribution in [0.2, 0.25) is 0 Å². The first-order valence-corrected chi connectivity index (χ1v) is 6.98. The number of nitrogens with one attached hydrogen (secondary N) is 2. The van der Waals surface area contributed by atoms with E-state index in [-0.39, 0.29) is 5.75 Å². The molecular formula is C15H25N3O2. The zero-order valence-corrected chi connectivity index (χ0v) is 12.7. The Morgan fingerprint density at radius 3 is 2.75 bits per heavy atom. The molecule has 0 atom stereocenters. The van der Waals surface area contributed by atoms with Crippen LogP contribution in [0.4, 0.5) is 0 Å². The molecule has 0 spiro atoms. The molecule has 0 aliphatic carbocycles. The topological polar surface area (TPSA) is 65.9 Å². The minimum absolute atomic E-state index is 0.201. The van der Waals surface area contributed by atoms with E-state index in [0.29, 0.717) is 24.8 Å². The summed E-state index contributed by atoms with van der Waals surface area (Å²) in [5.41, 5.74) is 0.841. The van der Waals surface area contributed by atoms with E-state index in [1.54, 1.807) is 13.2 Å². The molecule has 0 saturated heterocycles. The molecule has 0 heterocycles. The van der Waals surface area contributed by atoms with Gasteiger partial charge < -0.3 is 20.5 Å². The molecule has 112 valence electrons. The predicted molar refractivity (Wildman–Crippen MR) is 82.6 cm³/mol. The second-order valence-corrected chi connectivity index (χ2v) is 4.78. The average Bonchev–Trinajstić information content (AvgIpc) is 2.40. The number of phenols is 1. The van der Waals surface area contributed by atoms with E-state index in [0.717, 1.165) is 18.1 Å². The molecule has 0 radical (unpaired) electrons. The standard InChI is InChI=1S/C15H25N3O2/c1-5-16-15(18-11(2)3)17-10-9-12-7-6-8-13(20-4)14(12)19/h6-8,11,19H,5,9-10H2,1-4H3,(H2,16,17,18). The molecule has 1 aromatic carbocycles. The Bertz CT molecular complexity index is 445. The third-order valence-electron chi connectivity index (χ3n) is 2.72. The first kappa shape index (κ1) is 16.1. The number of guanidine groups is 1. The van der Waals surface area contributed by atoms with Crippen LogP contribution in [-0.2, 0) is 6.42 Å². The van der Waals surface area contributed by atoms with Gasteiger partial charge in [0.25, 0.3) is 0 Å². The molecule has 0 saturated carbocycles. The lowest BCUT2D eigenvalue weighted by molar-refractivity contribution is 0.370. The monoisotopic (exact) mass is 279 g/mol. The summed E-state index contributed by atoms with van der Waals surface area (Å²) in [7, 11) is 1.55. The predicted octanol–water partition coefficient (Wildman–Crippen LogP) is 1.91. The molecule has 3 N–H and O–H groups in total. The normalized spacial score (nSPS) is 11.6. The highest BCUT2D eigenvalue weighted by atomic mass is 16.5. The summed E-state index contributed by atoms with van der Waals surface area (Å²) in [6.45, 7) is 7.60. The Kier molecular flexibility index (Phi) is 6.70. The molecule has 5 heteroatoms. The minimum atomic E-state index is 0.201. The van der Waals surface area contributed by atoms with Crippen molar-refractivity contribution >= 4 is 5.96 Å². The number of para-hydroxylation sites is 1. The molecule has 0 aliphatic rings. The lowest BCUT2D eigenvalue weighted by Crippen LogP contribution is -2.41. The van der Waals surface area contributed by atoms with Crippen LogP contribution in [0.25, 0.3) is 0 Å². The quantitative estimate of drug-likeness (QED) is 0.550. The third-order valence-corrected chi connectivity index (χ3v) is 2.72. The van der Waals surface area contributed by atoms with Gasteiger partial charge in [0.2, 0.25) is 0 Å². The summed E-state index contributed by atoms with van der Waals surface area (Å²) < 4.78 is 5.09. The molecule has 0 unspecified atom stereocenters. The van der Waals surface area contributed by atoms with Crippen LogP contribution in [0, 0.1) is 0 Å². The number of ether oxygens (including phenoxy) is 1. The van der Waals surface area contributed by atoms with Crippen molar-refractivity contribution in [1.29, 1.82) is 0 Å². The maximum absolute atomic E-state index is 10.00. The highest BCUT2D eigenvalue weighted by Crippen LogP contribution is 2.29. The van der Waals surface area contributed by atoms with Crippen LogP contribution in [0.15, 0.2) is 23.2 Å². The minimum Gasteiger partial charge on any atom is -0.504 e. The fourth-order valence-electron chi connectivity index (χ4n) is 1.82. The molecule has 1 rings (SSSR count). The Morgan fingerprint density at radius 2 is 2.15 bits per heavy atom. The van der Waals surface area contributed by atoms with Crippen molar-refractivity contribution < 1.29 is 9.84 Å². The Balaban J connectivity index is 2.65. The van der Waals surface area contributed by atoms with Crippen molar-refractivity contribution in [3.63, 3.8) is 0 Å². The van der Waals surface area contributed by atoms with E-state index in [2.05, 4.69) is 29.5 Å². The summed E-state index contributed by atoms with van der Waals surface area (Å²) >= 11 is 0. The molecule has 0 aliphatic heterocycles. The molecule has 20 heavy (non-hydrogen) atoms. The van der Waals surface area contributed by atoms with Crippen molar-refractivity contribution in [2.24, 2.45) is 4.99 Å². The number of aromatic hydroxyl groups is 1. The van der Waals surface area contributed by atoms with Gasteiger partial charge in [-0.05, 0) is 38.8 Å². The maximum Gasteiger partial charge on any atom is 0.191 e. The number of nitrogens with zero attached hydrogens (tertiary/aromatic N) is 1. The lowest BCUT2D eigenvalue weighted by Gasteiger charge is -2.14. The average molecular weight is 279 g/mol. The first-order chi connectivity index (χ1) is 9.58. The van der Waals surface area contributed by atoms with Crippen LogP contribution < -0.4 is 15.4 Å². The summed E-state index contributed by atoms with van der Waals surface area (Å²) in [6, 6.07) is 5.83. The summed E-state index contributed by atoms with van der Waals surface area (Å²) in [4.78, 5) is 4.49. The van der Waals surface area contributed by atoms with E-state index >= 15 is 0 Å². The Hall–Kier alpha value is -1.91. The molecule has 0 fully saturated rings. The van der Waals surface area contributed by atoms with Gasteiger partial charge in [0, 0.05) is 19.1 Å². The fraction of sp³-hybridized carbons (Fsp3) is 0.533. The largest absolute Gasteiger partial charge is 0.504 e. The zero-order valence-electron chi connectivity index (χ0n) is 12.7. The van der Waals surface area contributed by atoms with Gasteiger partial charge >= 0.3 is 0 Å². The SMILES string of the molecule is CCNC(=NCCc1cccc(OC)c1O)NC(C)C. The van der Waals surface area contributed by atoms with Gasteiger partial charge in [0.1, 0.15) is 0 Å². The molecule has 5 nitrogen and oxygen atoms in total. The summed E-state index contributed by atoms with van der Waals surface area (Å²) in [5, 5.41) is 16.4. The van der Waals surface area contributed by atoms with Crippen LogP contribution in [-0.4, -0.2) is 37.3 Å². The smallest absolute Gasteiger partial charge is 0.191 e. The highest BCUT2D eigenvalue weighted by molar-refractivity contribution is 5.79. The number of benzene rings is 1. The van der Waals surface area contributed by atoms with Crippen molar-refractivity contribution in [3.8, 4) is 11.5 Å². The summed E-state index contributed by atoms with van der Waals surface area (Å²) in [5.74, 6) is 1.50. The number of hydrogen-bond acceptors (Lipinski definition) is 3. The molecule has 1 aromatic rings. The van der Waals surface area contributed by atoms with Crippen molar-refractivity contribution in [3.05, 3.63) is 23.8 Å². The third kappa shape index (κ3) is 4.99. The van der Waals surface area contributed by atoms with E-state index in [1.807, 2.05) is 19.1 Å². The number of methoxy groups -OCH3 is 1. The van der Waals surface area contributed by atoms with E-state index in [9.17, 15) is 5.11 Å².